The number of aryl methyl sites for hydroxylation is 1. The van der Waals surface area contributed by atoms with Gasteiger partial charge < -0.3 is 68.7 Å². The Labute approximate surface area is 364 Å². The molecule has 5 atom stereocenters. The normalized spacial score (nSPS) is 18.2. The predicted molar refractivity (Wildman–Crippen MR) is 217 cm³/mol. The third kappa shape index (κ3) is 16.9. The number of hydrogen-bond acceptors (Lipinski definition) is 21. The minimum absolute atomic E-state index is 0.0284. The fourth-order valence-corrected chi connectivity index (χ4v) is 8.57. The van der Waals surface area contributed by atoms with Crippen molar-refractivity contribution < 1.29 is 84.7 Å². The van der Waals surface area contributed by atoms with Crippen LogP contribution in [0.2, 0.25) is 0 Å². The number of carbonyl (C=O) groups is 1. The molecule has 3 aromatic heterocycles. The van der Waals surface area contributed by atoms with Crippen LogP contribution >= 0.6 is 23.5 Å². The molecule has 2 unspecified atom stereocenters. The van der Waals surface area contributed by atoms with Crippen molar-refractivity contribution in [1.82, 2.24) is 40.2 Å². The van der Waals surface area contributed by atoms with Crippen LogP contribution in [0.25, 0.3) is 22.4 Å². The van der Waals surface area contributed by atoms with Crippen molar-refractivity contribution in [2.45, 2.75) is 38.2 Å². The molecule has 64 heavy (non-hydrogen) atoms. The Hall–Kier alpha value is -4.42. The summed E-state index contributed by atoms with van der Waals surface area (Å²) in [4.78, 5) is 57.0. The number of rotatable bonds is 26. The van der Waals surface area contributed by atoms with Gasteiger partial charge in [-0.2, -0.15) is 8.62 Å². The van der Waals surface area contributed by atoms with Crippen LogP contribution in [0.1, 0.15) is 30.5 Å². The molecule has 30 heteroatoms. The molecule has 5 rings (SSSR count). The van der Waals surface area contributed by atoms with Gasteiger partial charge in [-0.1, -0.05) is 11.8 Å². The minimum Gasteiger partial charge on any atom is -0.491 e. The van der Waals surface area contributed by atoms with Gasteiger partial charge in [0.15, 0.2) is 5.82 Å². The molecule has 1 fully saturated rings. The second kappa shape index (κ2) is 24.2. The molecular formula is C34H46N9O18P3. The maximum absolute atomic E-state index is 12.3. The maximum atomic E-state index is 12.3. The summed E-state index contributed by atoms with van der Waals surface area (Å²) in [5, 5.41) is 29.4. The van der Waals surface area contributed by atoms with Gasteiger partial charge in [-0.15, -0.1) is 20.4 Å². The quantitative estimate of drug-likeness (QED) is 0.0257. The zero-order chi connectivity index (χ0) is 46.2. The number of phosphoric acid groups is 3. The molecule has 1 saturated heterocycles. The van der Waals surface area contributed by atoms with Crippen LogP contribution in [0.4, 0.5) is 5.82 Å². The highest BCUT2D eigenvalue weighted by atomic mass is 31.3. The summed E-state index contributed by atoms with van der Waals surface area (Å²) in [5.41, 5.74) is 7.50. The second-order valence-electron chi connectivity index (χ2n) is 13.1. The Kier molecular flexibility index (Phi) is 19.1. The lowest BCUT2D eigenvalue weighted by Gasteiger charge is -2.19. The van der Waals surface area contributed by atoms with E-state index in [0.29, 0.717) is 74.6 Å². The third-order valence-corrected chi connectivity index (χ3v) is 12.1. The lowest BCUT2D eigenvalue weighted by molar-refractivity contribution is -0.122. The average Bonchev–Trinajstić information content (AvgIpc) is 3.79. The number of aromatic nitrogens is 7. The number of nitrogen functional groups attached to an aromatic ring is 1. The van der Waals surface area contributed by atoms with Crippen molar-refractivity contribution in [2.75, 3.05) is 78.3 Å². The monoisotopic (exact) mass is 961 g/mol. The highest BCUT2D eigenvalue weighted by Crippen LogP contribution is 2.66. The highest BCUT2D eigenvalue weighted by molar-refractivity contribution is 7.66. The summed E-state index contributed by atoms with van der Waals surface area (Å²) >= 11 is 0. The smallest absolute Gasteiger partial charge is 0.490 e. The zero-order valence-electron chi connectivity index (χ0n) is 34.0. The molecule has 4 aromatic rings. The van der Waals surface area contributed by atoms with Gasteiger partial charge in [-0.25, -0.2) is 23.7 Å². The third-order valence-electron chi connectivity index (χ3n) is 8.35. The van der Waals surface area contributed by atoms with Crippen molar-refractivity contribution in [3.8, 4) is 29.0 Å². The first-order chi connectivity index (χ1) is 30.5. The van der Waals surface area contributed by atoms with Gasteiger partial charge in [0.1, 0.15) is 42.5 Å². The SMILES string of the molecule is Cc1nnc(-c2ccc(OCCOCCOCCOCCOCCC(=O)NCC#Cc3cn([C@H]4C[C@H](O)[C@@H](COP(=O)(O)OP(=O)(O)OP(=O)(O)O)O4)c4ncnc(N)c34)cc2)nn1. The van der Waals surface area contributed by atoms with Gasteiger partial charge in [-0.3, -0.25) is 9.32 Å². The number of phosphoric ester groups is 1. The molecule has 27 nitrogen and oxygen atoms in total. The van der Waals surface area contributed by atoms with Gasteiger partial charge in [0.05, 0.1) is 83.1 Å². The molecule has 0 bridgehead atoms. The lowest BCUT2D eigenvalue weighted by Crippen LogP contribution is -2.26. The number of ether oxygens (including phenoxy) is 6. The van der Waals surface area contributed by atoms with Gasteiger partial charge in [0, 0.05) is 24.6 Å². The summed E-state index contributed by atoms with van der Waals surface area (Å²) in [5.74, 6) is 7.10. The molecule has 350 valence electrons. The molecule has 1 aromatic carbocycles. The van der Waals surface area contributed by atoms with E-state index in [0.717, 1.165) is 5.56 Å². The fourth-order valence-electron chi connectivity index (χ4n) is 5.54. The predicted octanol–water partition coefficient (Wildman–Crippen LogP) is 0.564. The number of benzene rings is 1. The summed E-state index contributed by atoms with van der Waals surface area (Å²) < 4.78 is 81.4. The summed E-state index contributed by atoms with van der Waals surface area (Å²) in [6, 6.07) is 7.26. The fraction of sp³-hybridized carbons (Fsp3) is 0.500. The summed E-state index contributed by atoms with van der Waals surface area (Å²) in [6.45, 7) is 3.83. The van der Waals surface area contributed by atoms with E-state index in [1.54, 1.807) is 19.1 Å². The van der Waals surface area contributed by atoms with Crippen molar-refractivity contribution in [3.63, 3.8) is 0 Å². The van der Waals surface area contributed by atoms with Crippen LogP contribution in [0, 0.1) is 18.8 Å². The first-order valence-corrected chi connectivity index (χ1v) is 23.6. The highest BCUT2D eigenvalue weighted by Gasteiger charge is 2.43. The standard InChI is InChI=1S/C34H46N9O18P3/c1-23-39-41-33(42-40-23)24-4-6-26(7-5-24)57-18-17-56-16-15-55-14-13-54-12-11-53-10-8-29(45)36-9-2-3-25-20-43(34-31(25)32(35)37-22-38-34)30-19-27(44)28(59-30)21-58-63(49,50)61-64(51,52)60-62(46,47)48/h4-7,20,22,27-28,30,44H,8-19,21H2,1H3,(H,36,45)(H,49,50)(H,51,52)(H2,35,37,38)(H2,46,47,48)/t27-,28+,30+/m0/s1. The number of nitrogens with zero attached hydrogens (tertiary/aromatic N) is 7. The number of nitrogens with one attached hydrogen (secondary N) is 1. The number of hydrogen-bond donors (Lipinski definition) is 7. The van der Waals surface area contributed by atoms with Gasteiger partial charge >= 0.3 is 23.5 Å². The van der Waals surface area contributed by atoms with Gasteiger partial charge in [0.2, 0.25) is 11.7 Å². The molecule has 8 N–H and O–H groups in total. The van der Waals surface area contributed by atoms with Crippen molar-refractivity contribution in [3.05, 3.63) is 48.2 Å². The number of carbonyl (C=O) groups excluding carboxylic acids is 1. The number of fused-ring (bicyclic) bond motifs is 1. The molecule has 0 saturated carbocycles. The Morgan fingerprint density at radius 2 is 1.50 bits per heavy atom. The Balaban J connectivity index is 0.909. The molecule has 1 aliphatic heterocycles. The number of aliphatic hydroxyl groups is 1. The molecule has 1 amide bonds. The van der Waals surface area contributed by atoms with E-state index in [-0.39, 0.29) is 50.0 Å². The number of nitrogens with two attached hydrogens (primary N) is 1. The lowest BCUT2D eigenvalue weighted by atomic mass is 10.2. The summed E-state index contributed by atoms with van der Waals surface area (Å²) in [7, 11) is -16.8. The first-order valence-electron chi connectivity index (χ1n) is 19.1. The van der Waals surface area contributed by atoms with Crippen LogP contribution in [0.5, 0.6) is 5.75 Å². The molecule has 1 aliphatic rings. The van der Waals surface area contributed by atoms with E-state index in [2.05, 4.69) is 60.7 Å². The van der Waals surface area contributed by atoms with Crippen LogP contribution in [0.15, 0.2) is 36.8 Å². The van der Waals surface area contributed by atoms with E-state index in [1.807, 2.05) is 12.1 Å². The summed E-state index contributed by atoms with van der Waals surface area (Å²) in [6.07, 6.45) is -0.863. The van der Waals surface area contributed by atoms with Crippen molar-refractivity contribution in [1.29, 1.82) is 0 Å². The Morgan fingerprint density at radius 1 is 0.875 bits per heavy atom. The molecule has 4 heterocycles. The largest absolute Gasteiger partial charge is 0.491 e. The maximum Gasteiger partial charge on any atom is 0.490 e. The molecule has 0 aliphatic carbocycles. The number of aliphatic hydroxyl groups excluding tert-OH is 1. The van der Waals surface area contributed by atoms with E-state index >= 15 is 0 Å². The molecule has 0 spiro atoms. The van der Waals surface area contributed by atoms with E-state index in [1.165, 1.54) is 17.1 Å². The van der Waals surface area contributed by atoms with Crippen LogP contribution < -0.4 is 15.8 Å². The van der Waals surface area contributed by atoms with Crippen LogP contribution in [0.3, 0.4) is 0 Å². The molecular weight excluding hydrogens is 915 g/mol. The number of amides is 1. The second-order valence-corrected chi connectivity index (χ2v) is 17.6. The first kappa shape index (κ1) is 50.6. The molecule has 0 radical (unpaired) electrons. The van der Waals surface area contributed by atoms with E-state index < -0.39 is 48.5 Å². The average molecular weight is 962 g/mol. The van der Waals surface area contributed by atoms with Gasteiger partial charge in [0.25, 0.3) is 0 Å². The Morgan fingerprint density at radius 3 is 2.14 bits per heavy atom. The number of anilines is 1. The van der Waals surface area contributed by atoms with Gasteiger partial charge in [-0.05, 0) is 31.2 Å². The van der Waals surface area contributed by atoms with Crippen molar-refractivity contribution in [2.24, 2.45) is 0 Å². The van der Waals surface area contributed by atoms with E-state index in [9.17, 15) is 33.4 Å². The van der Waals surface area contributed by atoms with Crippen LogP contribution in [-0.2, 0) is 55.3 Å². The zero-order valence-corrected chi connectivity index (χ0v) is 36.7. The minimum atomic E-state index is -5.74. The van der Waals surface area contributed by atoms with E-state index in [4.69, 9.17) is 43.9 Å². The Bertz CT molecular complexity index is 2350. The van der Waals surface area contributed by atoms with Crippen LogP contribution in [-0.4, -0.2) is 150 Å². The van der Waals surface area contributed by atoms with Crippen molar-refractivity contribution >= 4 is 46.2 Å². The topological polar surface area (TPSA) is 373 Å².